The Labute approximate surface area is 244 Å². The summed E-state index contributed by atoms with van der Waals surface area (Å²) in [5, 5.41) is 3.09. The molecule has 0 aromatic heterocycles. The Bertz CT molecular complexity index is 1880. The molecule has 0 spiro atoms. The summed E-state index contributed by atoms with van der Waals surface area (Å²) in [4.78, 5) is 2.53. The molecule has 41 heavy (non-hydrogen) atoms. The highest BCUT2D eigenvalue weighted by atomic mass is 28.3. The van der Waals surface area contributed by atoms with Crippen molar-refractivity contribution < 1.29 is 4.58 Å². The molecule has 4 aromatic rings. The van der Waals surface area contributed by atoms with Crippen molar-refractivity contribution in [3.8, 4) is 0 Å². The van der Waals surface area contributed by atoms with Gasteiger partial charge in [-0.25, -0.2) is 0 Å². The van der Waals surface area contributed by atoms with Crippen LogP contribution >= 0.6 is 0 Å². The first kappa shape index (κ1) is 24.6. The van der Waals surface area contributed by atoms with E-state index in [4.69, 9.17) is 0 Å². The Morgan fingerprint density at radius 1 is 0.756 bits per heavy atom. The molecule has 0 radical (unpaired) electrons. The number of benzene rings is 4. The zero-order valence-electron chi connectivity index (χ0n) is 24.1. The first-order valence-electron chi connectivity index (χ1n) is 14.9. The van der Waals surface area contributed by atoms with E-state index in [0.717, 1.165) is 25.9 Å². The van der Waals surface area contributed by atoms with Gasteiger partial charge in [0.05, 0.1) is 0 Å². The average Bonchev–Trinajstić information content (AvgIpc) is 3.63. The first-order chi connectivity index (χ1) is 20.0. The molecule has 0 atom stereocenters. The lowest BCUT2D eigenvalue weighted by molar-refractivity contribution is -0.427. The van der Waals surface area contributed by atoms with Crippen molar-refractivity contribution in [2.45, 2.75) is 32.9 Å². The Morgan fingerprint density at radius 2 is 1.54 bits per heavy atom. The van der Waals surface area contributed by atoms with Crippen LogP contribution in [0.3, 0.4) is 0 Å². The van der Waals surface area contributed by atoms with Gasteiger partial charge in [-0.15, -0.1) is 0 Å². The molecule has 0 fully saturated rings. The molecule has 1 aliphatic carbocycles. The summed E-state index contributed by atoms with van der Waals surface area (Å²) in [6, 6.07) is 34.1. The third-order valence-electron chi connectivity index (χ3n) is 9.70. The molecule has 0 unspecified atom stereocenters. The monoisotopic (exact) mass is 547 g/mol. The zero-order chi connectivity index (χ0) is 27.7. The summed E-state index contributed by atoms with van der Waals surface area (Å²) >= 11 is 0. The van der Waals surface area contributed by atoms with E-state index in [-0.39, 0.29) is 0 Å². The van der Waals surface area contributed by atoms with Crippen LogP contribution in [-0.4, -0.2) is 31.5 Å². The van der Waals surface area contributed by atoms with Gasteiger partial charge in [0.2, 0.25) is 11.4 Å². The van der Waals surface area contributed by atoms with Gasteiger partial charge in [0.15, 0.2) is 6.54 Å². The minimum Gasteiger partial charge on any atom is -0.341 e. The van der Waals surface area contributed by atoms with Crippen LogP contribution in [0.25, 0.3) is 5.57 Å². The van der Waals surface area contributed by atoms with Gasteiger partial charge in [-0.1, -0.05) is 79.8 Å². The van der Waals surface area contributed by atoms with Crippen molar-refractivity contribution in [2.24, 2.45) is 0 Å². The van der Waals surface area contributed by atoms with Gasteiger partial charge < -0.3 is 4.90 Å². The maximum atomic E-state index is 2.56. The maximum absolute atomic E-state index is 2.56. The smallest absolute Gasteiger partial charge is 0.209 e. The van der Waals surface area contributed by atoms with E-state index in [9.17, 15) is 0 Å². The topological polar surface area (TPSA) is 6.25 Å². The van der Waals surface area contributed by atoms with Crippen molar-refractivity contribution in [1.82, 2.24) is 0 Å². The fraction of sp³-hybridized carbons (Fsp3) is 0.184. The molecule has 0 amide bonds. The molecule has 3 aliphatic heterocycles. The highest BCUT2D eigenvalue weighted by Gasteiger charge is 2.41. The van der Waals surface area contributed by atoms with Crippen molar-refractivity contribution in [1.29, 1.82) is 0 Å². The number of nitrogens with zero attached hydrogens (tertiary/aromatic N) is 2. The third-order valence-corrected chi connectivity index (χ3v) is 13.2. The van der Waals surface area contributed by atoms with E-state index >= 15 is 0 Å². The molecular formula is C38H35N2Si+. The molecule has 4 aromatic carbocycles. The highest BCUT2D eigenvalue weighted by Crippen LogP contribution is 2.44. The number of aryl methyl sites for hydroxylation is 1. The van der Waals surface area contributed by atoms with Gasteiger partial charge in [-0.2, -0.15) is 4.58 Å². The van der Waals surface area contributed by atoms with E-state index in [1.807, 2.05) is 0 Å². The van der Waals surface area contributed by atoms with Crippen LogP contribution in [0, 0.1) is 6.92 Å². The molecule has 3 heteroatoms. The number of fused-ring (bicyclic) bond motifs is 4. The molecule has 200 valence electrons. The summed E-state index contributed by atoms with van der Waals surface area (Å²) in [5.74, 6) is 0. The number of hydrogen-bond acceptors (Lipinski definition) is 1. The minimum atomic E-state index is -2.05. The summed E-state index contributed by atoms with van der Waals surface area (Å²) < 4.78 is 2.53. The van der Waals surface area contributed by atoms with Crippen molar-refractivity contribution in [3.05, 3.63) is 148 Å². The van der Waals surface area contributed by atoms with Crippen LogP contribution < -0.4 is 10.1 Å². The highest BCUT2D eigenvalue weighted by molar-refractivity contribution is 6.98. The number of para-hydroxylation sites is 2. The lowest BCUT2D eigenvalue weighted by Crippen LogP contribution is -2.49. The quantitative estimate of drug-likeness (QED) is 0.183. The largest absolute Gasteiger partial charge is 0.341 e. The SMILES string of the molecule is Cc1ccccc1C1=C2C=CC(=[N+]3CCc4ccccc43)C=C2[Si](C)(C)c2cc(N3CCc4ccccc43)ccc21. The van der Waals surface area contributed by atoms with Crippen molar-refractivity contribution >= 4 is 41.6 Å². The fourth-order valence-corrected chi connectivity index (χ4v) is 10.6. The van der Waals surface area contributed by atoms with Crippen LogP contribution in [0.15, 0.2) is 120 Å². The fourth-order valence-electron chi connectivity index (χ4n) is 7.52. The van der Waals surface area contributed by atoms with Crippen LogP contribution in [0.1, 0.15) is 27.8 Å². The molecule has 0 saturated carbocycles. The average molecular weight is 548 g/mol. The van der Waals surface area contributed by atoms with Crippen molar-refractivity contribution in [3.63, 3.8) is 0 Å². The second kappa shape index (κ2) is 9.15. The van der Waals surface area contributed by atoms with Gasteiger partial charge in [0.25, 0.3) is 0 Å². The summed E-state index contributed by atoms with van der Waals surface area (Å²) in [5.41, 5.74) is 15.2. The summed E-state index contributed by atoms with van der Waals surface area (Å²) in [6.07, 6.45) is 9.55. The standard InChI is InChI=1S/C38H35N2Si/c1-26-10-4-7-13-31(26)38-32-18-16-29(39-22-20-27-11-5-8-14-34(27)39)24-36(32)41(2,3)37-25-30(17-19-33(37)38)40-23-21-28-12-6-9-15-35(28)40/h4-19,24-25H,20-23H2,1-3H3/q+1. The van der Waals surface area contributed by atoms with E-state index < -0.39 is 8.07 Å². The number of allylic oxidation sites excluding steroid dienone is 5. The van der Waals surface area contributed by atoms with E-state index in [1.165, 1.54) is 61.7 Å². The van der Waals surface area contributed by atoms with E-state index in [1.54, 1.807) is 10.4 Å². The van der Waals surface area contributed by atoms with Gasteiger partial charge in [0.1, 0.15) is 8.07 Å². The lowest BCUT2D eigenvalue weighted by Gasteiger charge is -2.38. The number of rotatable bonds is 2. The number of hydrogen-bond donors (Lipinski definition) is 0. The Balaban J connectivity index is 1.35. The minimum absolute atomic E-state index is 1.05. The lowest BCUT2D eigenvalue weighted by atomic mass is 9.87. The summed E-state index contributed by atoms with van der Waals surface area (Å²) in [7, 11) is -2.05. The molecule has 0 bridgehead atoms. The van der Waals surface area contributed by atoms with Gasteiger partial charge in [0, 0.05) is 48.1 Å². The predicted octanol–water partition coefficient (Wildman–Crippen LogP) is 7.80. The van der Waals surface area contributed by atoms with Crippen molar-refractivity contribution in [2.75, 3.05) is 18.0 Å². The molecule has 0 N–H and O–H groups in total. The Morgan fingerprint density at radius 3 is 2.41 bits per heavy atom. The second-order valence-electron chi connectivity index (χ2n) is 12.3. The third kappa shape index (κ3) is 3.72. The molecule has 2 nitrogen and oxygen atoms in total. The normalized spacial score (nSPS) is 20.0. The molecular weight excluding hydrogens is 513 g/mol. The molecule has 0 saturated heterocycles. The molecule has 8 rings (SSSR count). The predicted molar refractivity (Wildman–Crippen MR) is 175 cm³/mol. The molecule has 3 heterocycles. The first-order valence-corrected chi connectivity index (χ1v) is 17.9. The van der Waals surface area contributed by atoms with Crippen LogP contribution in [0.5, 0.6) is 0 Å². The van der Waals surface area contributed by atoms with Crippen LogP contribution in [0.2, 0.25) is 13.1 Å². The molecule has 4 aliphatic rings. The second-order valence-corrected chi connectivity index (χ2v) is 16.7. The van der Waals surface area contributed by atoms with Gasteiger partial charge in [-0.05, 0) is 81.4 Å². The maximum Gasteiger partial charge on any atom is 0.209 e. The van der Waals surface area contributed by atoms with Gasteiger partial charge in [-0.3, -0.25) is 0 Å². The zero-order valence-corrected chi connectivity index (χ0v) is 25.1. The van der Waals surface area contributed by atoms with Gasteiger partial charge >= 0.3 is 0 Å². The van der Waals surface area contributed by atoms with Crippen LogP contribution in [0.4, 0.5) is 17.1 Å². The van der Waals surface area contributed by atoms with E-state index in [0.29, 0.717) is 0 Å². The Hall–Kier alpha value is -4.21. The van der Waals surface area contributed by atoms with E-state index in [2.05, 4.69) is 139 Å². The number of anilines is 2. The van der Waals surface area contributed by atoms with Crippen LogP contribution in [-0.2, 0) is 12.8 Å². The Kier molecular flexibility index (Phi) is 5.49. The summed E-state index contributed by atoms with van der Waals surface area (Å²) in [6.45, 7) is 9.46.